The number of benzene rings is 1. The summed E-state index contributed by atoms with van der Waals surface area (Å²) < 4.78 is 0.752. The minimum Gasteiger partial charge on any atom is -0.507 e. The fourth-order valence-corrected chi connectivity index (χ4v) is 5.06. The Morgan fingerprint density at radius 3 is 3.00 bits per heavy atom. The number of aromatic hydroxyl groups is 1. The van der Waals surface area contributed by atoms with E-state index in [-0.39, 0.29) is 22.9 Å². The molecule has 1 aromatic rings. The predicted molar refractivity (Wildman–Crippen MR) is 77.1 cm³/mol. The highest BCUT2D eigenvalue weighted by molar-refractivity contribution is 9.10. The maximum atomic E-state index is 12.2. The van der Waals surface area contributed by atoms with E-state index in [0.717, 1.165) is 46.9 Å². The van der Waals surface area contributed by atoms with Gasteiger partial charge in [0, 0.05) is 11.3 Å². The topological polar surface area (TPSA) is 37.3 Å². The number of rotatable bonds is 0. The second kappa shape index (κ2) is 3.64. The first-order valence-electron chi connectivity index (χ1n) is 6.49. The van der Waals surface area contributed by atoms with Gasteiger partial charge in [-0.25, -0.2) is 0 Å². The molecule has 3 aliphatic carbocycles. The second-order valence-electron chi connectivity index (χ2n) is 5.87. The Bertz CT molecular complexity index is 664. The molecular weight excluding hydrogens is 328 g/mol. The van der Waals surface area contributed by atoms with Gasteiger partial charge in [-0.2, -0.15) is 0 Å². The zero-order chi connectivity index (χ0) is 13.4. The van der Waals surface area contributed by atoms with E-state index in [1.807, 2.05) is 6.07 Å². The van der Waals surface area contributed by atoms with Crippen LogP contribution < -0.4 is 0 Å². The molecule has 2 nitrogen and oxygen atoms in total. The summed E-state index contributed by atoms with van der Waals surface area (Å²) in [5.74, 6) is 0.478. The molecule has 0 amide bonds. The minimum absolute atomic E-state index is 0.0360. The number of fused-ring (bicyclic) bond motifs is 3. The van der Waals surface area contributed by atoms with Gasteiger partial charge in [0.25, 0.3) is 0 Å². The van der Waals surface area contributed by atoms with Gasteiger partial charge >= 0.3 is 0 Å². The highest BCUT2D eigenvalue weighted by atomic mass is 79.9. The maximum absolute atomic E-state index is 12.2. The average molecular weight is 340 g/mol. The predicted octanol–water partition coefficient (Wildman–Crippen LogP) is 4.03. The first kappa shape index (κ1) is 12.0. The number of halogens is 2. The van der Waals surface area contributed by atoms with Crippen LogP contribution in [0.3, 0.4) is 0 Å². The number of hydrogen-bond acceptors (Lipinski definition) is 2. The number of ketones is 1. The third-order valence-electron chi connectivity index (χ3n) is 4.95. The third-order valence-corrected chi connectivity index (χ3v) is 6.21. The molecule has 1 spiro atoms. The van der Waals surface area contributed by atoms with Gasteiger partial charge < -0.3 is 5.11 Å². The largest absolute Gasteiger partial charge is 0.507 e. The number of phenols is 1. The van der Waals surface area contributed by atoms with Gasteiger partial charge in [-0.3, -0.25) is 4.79 Å². The summed E-state index contributed by atoms with van der Waals surface area (Å²) in [7, 11) is 0. The monoisotopic (exact) mass is 338 g/mol. The van der Waals surface area contributed by atoms with Crippen molar-refractivity contribution >= 4 is 38.9 Å². The molecule has 1 aromatic carbocycles. The molecule has 19 heavy (non-hydrogen) atoms. The Morgan fingerprint density at radius 1 is 1.42 bits per heavy atom. The number of hydrogen-bond donors (Lipinski definition) is 1. The third kappa shape index (κ3) is 1.35. The summed E-state index contributed by atoms with van der Waals surface area (Å²) in [6, 6.07) is 3.57. The van der Waals surface area contributed by atoms with Crippen molar-refractivity contribution in [2.24, 2.45) is 11.3 Å². The molecule has 1 fully saturated rings. The molecule has 1 saturated carbocycles. The summed E-state index contributed by atoms with van der Waals surface area (Å²) in [6.07, 6.45) is 3.76. The summed E-state index contributed by atoms with van der Waals surface area (Å²) >= 11 is 9.83. The van der Waals surface area contributed by atoms with Crippen LogP contribution in [0.4, 0.5) is 0 Å². The standard InChI is InChI=1S/C15H12BrClO2/c16-12-9-6-15-4-3-7(5-15)14(19)13(17)11(15)8(9)1-2-10(12)18/h1-2,7,18H,3-6H2/t7-,15-/m1/s1. The van der Waals surface area contributed by atoms with Crippen molar-refractivity contribution in [2.45, 2.75) is 25.7 Å². The van der Waals surface area contributed by atoms with Gasteiger partial charge in [-0.15, -0.1) is 0 Å². The Hall–Kier alpha value is -0.800. The average Bonchev–Trinajstić information content (AvgIpc) is 2.93. The van der Waals surface area contributed by atoms with E-state index < -0.39 is 0 Å². The van der Waals surface area contributed by atoms with Crippen molar-refractivity contribution in [3.8, 4) is 5.75 Å². The van der Waals surface area contributed by atoms with E-state index in [1.54, 1.807) is 6.07 Å². The molecule has 0 aliphatic heterocycles. The van der Waals surface area contributed by atoms with Crippen molar-refractivity contribution in [3.05, 3.63) is 32.8 Å². The molecule has 3 aliphatic rings. The fraction of sp³-hybridized carbons (Fsp3) is 0.400. The molecule has 0 radical (unpaired) electrons. The highest BCUT2D eigenvalue weighted by Gasteiger charge is 2.54. The van der Waals surface area contributed by atoms with Crippen molar-refractivity contribution < 1.29 is 9.90 Å². The number of phenolic OH excluding ortho intramolecular Hbond substituents is 1. The van der Waals surface area contributed by atoms with Crippen LogP contribution in [0.5, 0.6) is 5.75 Å². The molecule has 98 valence electrons. The van der Waals surface area contributed by atoms with Crippen LogP contribution in [0.1, 0.15) is 30.4 Å². The van der Waals surface area contributed by atoms with Crippen LogP contribution in [-0.4, -0.2) is 10.9 Å². The van der Waals surface area contributed by atoms with Crippen LogP contribution in [0, 0.1) is 11.3 Å². The van der Waals surface area contributed by atoms with E-state index >= 15 is 0 Å². The van der Waals surface area contributed by atoms with Crippen LogP contribution in [-0.2, 0) is 11.2 Å². The quantitative estimate of drug-likeness (QED) is 0.775. The van der Waals surface area contributed by atoms with Gasteiger partial charge in [0.1, 0.15) is 5.75 Å². The van der Waals surface area contributed by atoms with Gasteiger partial charge in [0.15, 0.2) is 5.78 Å². The summed E-state index contributed by atoms with van der Waals surface area (Å²) in [5.41, 5.74) is 3.21. The first-order valence-corrected chi connectivity index (χ1v) is 7.66. The Labute approximate surface area is 124 Å². The Morgan fingerprint density at radius 2 is 2.21 bits per heavy atom. The number of carbonyl (C=O) groups is 1. The van der Waals surface area contributed by atoms with Crippen molar-refractivity contribution in [3.63, 3.8) is 0 Å². The number of allylic oxidation sites excluding steroid dienone is 2. The first-order chi connectivity index (χ1) is 9.03. The lowest BCUT2D eigenvalue weighted by Gasteiger charge is -2.30. The highest BCUT2D eigenvalue weighted by Crippen LogP contribution is 2.63. The van der Waals surface area contributed by atoms with Crippen LogP contribution >= 0.6 is 27.5 Å². The van der Waals surface area contributed by atoms with E-state index in [9.17, 15) is 9.90 Å². The van der Waals surface area contributed by atoms with Gasteiger partial charge in [0.2, 0.25) is 0 Å². The van der Waals surface area contributed by atoms with Crippen molar-refractivity contribution in [1.29, 1.82) is 0 Å². The van der Waals surface area contributed by atoms with Gasteiger partial charge in [-0.1, -0.05) is 17.7 Å². The van der Waals surface area contributed by atoms with Crippen LogP contribution in [0.15, 0.2) is 21.6 Å². The van der Waals surface area contributed by atoms with E-state index in [0.29, 0.717) is 5.03 Å². The number of Topliss-reactive ketones (excluding diaryl/α,β-unsaturated/α-hetero) is 1. The zero-order valence-corrected chi connectivity index (χ0v) is 12.5. The fourth-order valence-electron chi connectivity index (χ4n) is 4.12. The zero-order valence-electron chi connectivity index (χ0n) is 10.2. The molecule has 4 heteroatoms. The molecular formula is C15H12BrClO2. The van der Waals surface area contributed by atoms with Crippen molar-refractivity contribution in [1.82, 2.24) is 0 Å². The van der Waals surface area contributed by atoms with Crippen LogP contribution in [0.2, 0.25) is 0 Å². The molecule has 0 aromatic heterocycles. The second-order valence-corrected chi connectivity index (χ2v) is 7.05. The lowest BCUT2D eigenvalue weighted by atomic mass is 9.74. The summed E-state index contributed by atoms with van der Waals surface area (Å²) in [6.45, 7) is 0. The molecule has 1 N–H and O–H groups in total. The normalized spacial score (nSPS) is 31.7. The smallest absolute Gasteiger partial charge is 0.177 e. The Balaban J connectivity index is 2.03. The molecule has 0 heterocycles. The van der Waals surface area contributed by atoms with E-state index in [4.69, 9.17) is 11.6 Å². The maximum Gasteiger partial charge on any atom is 0.177 e. The lowest BCUT2D eigenvalue weighted by molar-refractivity contribution is -0.118. The van der Waals surface area contributed by atoms with E-state index in [2.05, 4.69) is 15.9 Å². The molecule has 0 saturated heterocycles. The van der Waals surface area contributed by atoms with E-state index in [1.165, 1.54) is 0 Å². The SMILES string of the molecule is O=C1C(Cl)=C2c3ccc(O)c(Br)c3C[C@]23CC[C@@H]1C3. The van der Waals surface area contributed by atoms with Gasteiger partial charge in [0.05, 0.1) is 9.51 Å². The number of carbonyl (C=O) groups excluding carboxylic acids is 1. The minimum atomic E-state index is 0.0360. The summed E-state index contributed by atoms with van der Waals surface area (Å²) in [4.78, 5) is 12.2. The van der Waals surface area contributed by atoms with Crippen molar-refractivity contribution in [2.75, 3.05) is 0 Å². The van der Waals surface area contributed by atoms with Crippen LogP contribution in [0.25, 0.3) is 5.57 Å². The lowest BCUT2D eigenvalue weighted by Crippen LogP contribution is -2.25. The molecule has 4 rings (SSSR count). The molecule has 0 unspecified atom stereocenters. The molecule has 2 bridgehead atoms. The summed E-state index contributed by atoms with van der Waals surface area (Å²) in [5, 5.41) is 10.3. The Kier molecular flexibility index (Phi) is 2.30. The van der Waals surface area contributed by atoms with Gasteiger partial charge in [-0.05, 0) is 64.4 Å². The molecule has 2 atom stereocenters.